The molecule has 1 aromatic heterocycles. The molecule has 0 aliphatic heterocycles. The van der Waals surface area contributed by atoms with E-state index in [4.69, 9.17) is 5.11 Å². The summed E-state index contributed by atoms with van der Waals surface area (Å²) in [4.78, 5) is 48.1. The predicted octanol–water partition coefficient (Wildman–Crippen LogP) is 1.28. The number of non-ortho nitro benzene ring substituents is 1. The lowest BCUT2D eigenvalue weighted by Gasteiger charge is -2.18. The summed E-state index contributed by atoms with van der Waals surface area (Å²) >= 11 is 0. The van der Waals surface area contributed by atoms with E-state index in [0.717, 1.165) is 12.1 Å². The van der Waals surface area contributed by atoms with Crippen LogP contribution in [-0.4, -0.2) is 32.9 Å². The number of nitrogens with zero attached hydrogens (tertiary/aromatic N) is 1. The quantitative estimate of drug-likeness (QED) is 0.555. The number of hydrogen-bond donors (Lipinski definition) is 3. The SMILES string of the molecule is CC(C)[C@H](NC(=O)c1cc(=O)[nH]c2ccc([N+](=O)[O-])cc12)C(=O)O. The minimum atomic E-state index is -1.21. The first-order valence-electron chi connectivity index (χ1n) is 7.06. The second-order valence-corrected chi connectivity index (χ2v) is 5.57. The van der Waals surface area contributed by atoms with Gasteiger partial charge in [0.1, 0.15) is 6.04 Å². The third-order valence-electron chi connectivity index (χ3n) is 3.50. The van der Waals surface area contributed by atoms with Crippen molar-refractivity contribution in [1.29, 1.82) is 0 Å². The van der Waals surface area contributed by atoms with E-state index in [-0.39, 0.29) is 28.1 Å². The third kappa shape index (κ3) is 3.40. The van der Waals surface area contributed by atoms with Crippen LogP contribution in [0.4, 0.5) is 5.69 Å². The lowest BCUT2D eigenvalue weighted by Crippen LogP contribution is -2.44. The van der Waals surface area contributed by atoms with Gasteiger partial charge in [-0.15, -0.1) is 0 Å². The van der Waals surface area contributed by atoms with E-state index in [9.17, 15) is 24.5 Å². The number of nitrogens with one attached hydrogen (secondary N) is 2. The molecule has 2 aromatic rings. The van der Waals surface area contributed by atoms with Crippen LogP contribution in [0.3, 0.4) is 0 Å². The number of carbonyl (C=O) groups is 2. The minimum absolute atomic E-state index is 0.121. The van der Waals surface area contributed by atoms with Crippen molar-refractivity contribution < 1.29 is 19.6 Å². The summed E-state index contributed by atoms with van der Waals surface area (Å²) in [6.07, 6.45) is 0. The van der Waals surface area contributed by atoms with E-state index >= 15 is 0 Å². The van der Waals surface area contributed by atoms with Crippen LogP contribution in [0.25, 0.3) is 10.9 Å². The molecule has 0 aliphatic carbocycles. The summed E-state index contributed by atoms with van der Waals surface area (Å²) in [5.41, 5.74) is -0.695. The molecule has 1 aromatic carbocycles. The molecule has 0 spiro atoms. The Balaban J connectivity index is 2.55. The Morgan fingerprint density at radius 1 is 1.29 bits per heavy atom. The van der Waals surface area contributed by atoms with E-state index in [2.05, 4.69) is 10.3 Å². The zero-order valence-electron chi connectivity index (χ0n) is 12.9. The topological polar surface area (TPSA) is 142 Å². The summed E-state index contributed by atoms with van der Waals surface area (Å²) in [6.45, 7) is 3.25. The molecule has 24 heavy (non-hydrogen) atoms. The average Bonchev–Trinajstić information content (AvgIpc) is 2.50. The Morgan fingerprint density at radius 2 is 1.96 bits per heavy atom. The molecule has 9 heteroatoms. The zero-order chi connectivity index (χ0) is 18.0. The number of carbonyl (C=O) groups excluding carboxylic acids is 1. The lowest BCUT2D eigenvalue weighted by molar-refractivity contribution is -0.384. The van der Waals surface area contributed by atoms with E-state index in [1.165, 1.54) is 12.1 Å². The molecule has 1 heterocycles. The number of rotatable bonds is 5. The number of amides is 1. The van der Waals surface area contributed by atoms with Crippen molar-refractivity contribution in [2.45, 2.75) is 19.9 Å². The summed E-state index contributed by atoms with van der Waals surface area (Å²) < 4.78 is 0. The number of aromatic amines is 1. The third-order valence-corrected chi connectivity index (χ3v) is 3.50. The predicted molar refractivity (Wildman–Crippen MR) is 85.0 cm³/mol. The standard InChI is InChI=1S/C15H15N3O6/c1-7(2)13(15(21)22)17-14(20)10-6-12(19)16-11-4-3-8(18(23)24)5-9(10)11/h3-7,13H,1-2H3,(H,16,19)(H,17,20)(H,21,22)/t13-/m0/s1. The van der Waals surface area contributed by atoms with Crippen LogP contribution in [0.5, 0.6) is 0 Å². The number of aromatic nitrogens is 1. The second-order valence-electron chi connectivity index (χ2n) is 5.57. The Labute approximate surface area is 135 Å². The molecule has 9 nitrogen and oxygen atoms in total. The molecular formula is C15H15N3O6. The van der Waals surface area contributed by atoms with Crippen molar-refractivity contribution in [2.24, 2.45) is 5.92 Å². The lowest BCUT2D eigenvalue weighted by atomic mass is 10.0. The van der Waals surface area contributed by atoms with Gasteiger partial charge in [0.25, 0.3) is 11.6 Å². The highest BCUT2D eigenvalue weighted by Crippen LogP contribution is 2.21. The first-order chi connectivity index (χ1) is 11.2. The van der Waals surface area contributed by atoms with Gasteiger partial charge in [0.15, 0.2) is 0 Å². The van der Waals surface area contributed by atoms with Gasteiger partial charge < -0.3 is 15.4 Å². The molecule has 3 N–H and O–H groups in total. The molecule has 2 rings (SSSR count). The van der Waals surface area contributed by atoms with Crippen LogP contribution < -0.4 is 10.9 Å². The smallest absolute Gasteiger partial charge is 0.326 e. The fourth-order valence-electron chi connectivity index (χ4n) is 2.28. The highest BCUT2D eigenvalue weighted by molar-refractivity contribution is 6.07. The van der Waals surface area contributed by atoms with Crippen LogP contribution in [0, 0.1) is 16.0 Å². The van der Waals surface area contributed by atoms with Gasteiger partial charge in [0, 0.05) is 29.1 Å². The maximum absolute atomic E-state index is 12.4. The number of hydrogen-bond acceptors (Lipinski definition) is 5. The molecule has 0 aliphatic rings. The number of nitro benzene ring substituents is 1. The van der Waals surface area contributed by atoms with Crippen LogP contribution in [0.15, 0.2) is 29.1 Å². The number of aliphatic carboxylic acids is 1. The van der Waals surface area contributed by atoms with Crippen molar-refractivity contribution in [3.05, 3.63) is 50.3 Å². The van der Waals surface area contributed by atoms with Crippen molar-refractivity contribution in [2.75, 3.05) is 0 Å². The Kier molecular flexibility index (Phi) is 4.63. The van der Waals surface area contributed by atoms with Gasteiger partial charge in [-0.2, -0.15) is 0 Å². The maximum Gasteiger partial charge on any atom is 0.326 e. The van der Waals surface area contributed by atoms with E-state index in [1.807, 2.05) is 0 Å². The molecule has 0 radical (unpaired) electrons. The summed E-state index contributed by atoms with van der Waals surface area (Å²) in [7, 11) is 0. The minimum Gasteiger partial charge on any atom is -0.480 e. The largest absolute Gasteiger partial charge is 0.480 e. The molecule has 0 saturated heterocycles. The summed E-state index contributed by atoms with van der Waals surface area (Å²) in [5.74, 6) is -2.37. The molecule has 1 atom stereocenters. The van der Waals surface area contributed by atoms with Crippen molar-refractivity contribution >= 4 is 28.5 Å². The van der Waals surface area contributed by atoms with Crippen LogP contribution in [-0.2, 0) is 4.79 Å². The molecule has 0 saturated carbocycles. The number of pyridine rings is 1. The summed E-state index contributed by atoms with van der Waals surface area (Å²) in [6, 6.07) is 3.52. The number of fused-ring (bicyclic) bond motifs is 1. The summed E-state index contributed by atoms with van der Waals surface area (Å²) in [5, 5.41) is 22.6. The normalized spacial score (nSPS) is 12.1. The molecule has 0 unspecified atom stereocenters. The molecule has 0 bridgehead atoms. The first kappa shape index (κ1) is 17.1. The van der Waals surface area contributed by atoms with E-state index in [1.54, 1.807) is 13.8 Å². The second kappa shape index (κ2) is 6.49. The fourth-order valence-corrected chi connectivity index (χ4v) is 2.28. The Hall–Kier alpha value is -3.23. The fraction of sp³-hybridized carbons (Fsp3) is 0.267. The number of carboxylic acid groups (broad SMARTS) is 1. The van der Waals surface area contributed by atoms with Gasteiger partial charge in [-0.1, -0.05) is 13.8 Å². The monoisotopic (exact) mass is 333 g/mol. The van der Waals surface area contributed by atoms with Crippen LogP contribution in [0.1, 0.15) is 24.2 Å². The van der Waals surface area contributed by atoms with Crippen molar-refractivity contribution in [3.8, 4) is 0 Å². The Morgan fingerprint density at radius 3 is 2.50 bits per heavy atom. The molecular weight excluding hydrogens is 318 g/mol. The number of benzene rings is 1. The van der Waals surface area contributed by atoms with Gasteiger partial charge in [-0.3, -0.25) is 19.7 Å². The molecule has 1 amide bonds. The van der Waals surface area contributed by atoms with Crippen LogP contribution >= 0.6 is 0 Å². The van der Waals surface area contributed by atoms with Crippen molar-refractivity contribution in [3.63, 3.8) is 0 Å². The highest BCUT2D eigenvalue weighted by Gasteiger charge is 2.25. The van der Waals surface area contributed by atoms with Crippen LogP contribution in [0.2, 0.25) is 0 Å². The van der Waals surface area contributed by atoms with E-state index < -0.39 is 28.4 Å². The average molecular weight is 333 g/mol. The highest BCUT2D eigenvalue weighted by atomic mass is 16.6. The Bertz CT molecular complexity index is 886. The molecule has 126 valence electrons. The molecule has 0 fully saturated rings. The van der Waals surface area contributed by atoms with Crippen molar-refractivity contribution in [1.82, 2.24) is 10.3 Å². The number of nitro groups is 1. The van der Waals surface area contributed by atoms with Gasteiger partial charge in [0.05, 0.1) is 10.5 Å². The van der Waals surface area contributed by atoms with Gasteiger partial charge in [-0.25, -0.2) is 4.79 Å². The number of carboxylic acids is 1. The van der Waals surface area contributed by atoms with E-state index in [0.29, 0.717) is 0 Å². The van der Waals surface area contributed by atoms with Gasteiger partial charge >= 0.3 is 5.97 Å². The first-order valence-corrected chi connectivity index (χ1v) is 7.06. The zero-order valence-corrected chi connectivity index (χ0v) is 12.9. The maximum atomic E-state index is 12.4. The number of H-pyrrole nitrogens is 1. The van der Waals surface area contributed by atoms with Gasteiger partial charge in [-0.05, 0) is 12.0 Å². The van der Waals surface area contributed by atoms with Gasteiger partial charge in [0.2, 0.25) is 5.56 Å².